The first-order valence-electron chi connectivity index (χ1n) is 6.03. The maximum absolute atomic E-state index is 13.1. The van der Waals surface area contributed by atoms with Gasteiger partial charge >= 0.3 is 0 Å². The summed E-state index contributed by atoms with van der Waals surface area (Å²) in [5.41, 5.74) is 1.36. The number of ether oxygens (including phenoxy) is 1. The average molecular weight is 339 g/mol. The Morgan fingerprint density at radius 3 is 2.95 bits per heavy atom. The largest absolute Gasteiger partial charge is 0.493 e. The molecule has 1 heterocycles. The molecular weight excluding hydrogens is 327 g/mol. The molecule has 0 N–H and O–H groups in total. The number of thioether (sulfide) groups is 1. The second-order valence-corrected chi connectivity index (χ2v) is 6.35. The van der Waals surface area contributed by atoms with Gasteiger partial charge in [0.15, 0.2) is 0 Å². The Morgan fingerprint density at radius 1 is 1.26 bits per heavy atom. The summed E-state index contributed by atoms with van der Waals surface area (Å²) in [5, 5.41) is 0. The highest BCUT2D eigenvalue weighted by Crippen LogP contribution is 2.39. The average Bonchev–Trinajstić information content (AvgIpc) is 2.83. The minimum Gasteiger partial charge on any atom is -0.493 e. The number of benzene rings is 2. The highest BCUT2D eigenvalue weighted by molar-refractivity contribution is 9.10. The molecule has 0 saturated carbocycles. The molecule has 3 rings (SSSR count). The van der Waals surface area contributed by atoms with Gasteiger partial charge in [-0.15, -0.1) is 11.8 Å². The van der Waals surface area contributed by atoms with E-state index >= 15 is 0 Å². The molecule has 1 atom stereocenters. The predicted molar refractivity (Wildman–Crippen MR) is 79.5 cm³/mol. The Balaban J connectivity index is 1.69. The molecule has 2 aromatic rings. The highest BCUT2D eigenvalue weighted by Gasteiger charge is 2.23. The molecule has 98 valence electrons. The quantitative estimate of drug-likeness (QED) is 0.790. The van der Waals surface area contributed by atoms with Crippen LogP contribution in [0.1, 0.15) is 11.5 Å². The number of halogens is 2. The van der Waals surface area contributed by atoms with Crippen LogP contribution in [0.4, 0.5) is 4.39 Å². The molecule has 0 aliphatic carbocycles. The Kier molecular flexibility index (Phi) is 3.80. The van der Waals surface area contributed by atoms with E-state index in [0.717, 1.165) is 5.75 Å². The van der Waals surface area contributed by atoms with E-state index in [1.807, 2.05) is 11.8 Å². The van der Waals surface area contributed by atoms with Gasteiger partial charge in [0.25, 0.3) is 0 Å². The molecule has 0 amide bonds. The van der Waals surface area contributed by atoms with Crippen LogP contribution in [0.15, 0.2) is 51.8 Å². The minimum absolute atomic E-state index is 0.269. The second-order valence-electron chi connectivity index (χ2n) is 4.43. The van der Waals surface area contributed by atoms with Crippen LogP contribution in [0.3, 0.4) is 0 Å². The zero-order chi connectivity index (χ0) is 13.2. The fraction of sp³-hybridized carbons (Fsp3) is 0.200. The maximum Gasteiger partial charge on any atom is 0.137 e. The lowest BCUT2D eigenvalue weighted by atomic mass is 10.0. The third-order valence-corrected chi connectivity index (χ3v) is 5.00. The molecule has 4 heteroatoms. The van der Waals surface area contributed by atoms with Gasteiger partial charge < -0.3 is 4.74 Å². The van der Waals surface area contributed by atoms with Crippen molar-refractivity contribution < 1.29 is 9.13 Å². The van der Waals surface area contributed by atoms with Crippen LogP contribution in [0.5, 0.6) is 5.75 Å². The van der Waals surface area contributed by atoms with E-state index in [2.05, 4.69) is 40.2 Å². The van der Waals surface area contributed by atoms with Crippen LogP contribution < -0.4 is 4.74 Å². The van der Waals surface area contributed by atoms with Crippen LogP contribution in [0.25, 0.3) is 0 Å². The van der Waals surface area contributed by atoms with E-state index < -0.39 is 0 Å². The van der Waals surface area contributed by atoms with Gasteiger partial charge in [0.2, 0.25) is 0 Å². The molecule has 0 saturated heterocycles. The molecule has 1 aliphatic heterocycles. The van der Waals surface area contributed by atoms with Gasteiger partial charge in [-0.05, 0) is 45.8 Å². The zero-order valence-electron chi connectivity index (χ0n) is 10.1. The molecule has 0 fully saturated rings. The summed E-state index contributed by atoms with van der Waals surface area (Å²) in [6, 6.07) is 13.2. The summed E-state index contributed by atoms with van der Waals surface area (Å²) in [4.78, 5) is 1.34. The van der Waals surface area contributed by atoms with Gasteiger partial charge in [0.05, 0.1) is 11.1 Å². The van der Waals surface area contributed by atoms with Crippen LogP contribution in [0, 0.1) is 5.82 Å². The summed E-state index contributed by atoms with van der Waals surface area (Å²) >= 11 is 5.03. The Bertz CT molecular complexity index is 602. The van der Waals surface area contributed by atoms with Gasteiger partial charge in [-0.2, -0.15) is 0 Å². The highest BCUT2D eigenvalue weighted by atomic mass is 79.9. The van der Waals surface area contributed by atoms with Gasteiger partial charge in [-0.25, -0.2) is 4.39 Å². The number of hydrogen-bond donors (Lipinski definition) is 0. The van der Waals surface area contributed by atoms with E-state index in [1.54, 1.807) is 12.1 Å². The maximum atomic E-state index is 13.1. The van der Waals surface area contributed by atoms with Gasteiger partial charge in [0.1, 0.15) is 11.6 Å². The molecule has 0 radical (unpaired) electrons. The molecule has 1 unspecified atom stereocenters. The Hall–Kier alpha value is -1.00. The smallest absolute Gasteiger partial charge is 0.137 e. The lowest BCUT2D eigenvalue weighted by Gasteiger charge is -2.13. The SMILES string of the molecule is Fc1ccc(OCC2CSc3ccccc32)cc1Br. The van der Waals surface area contributed by atoms with E-state index in [4.69, 9.17) is 4.74 Å². The van der Waals surface area contributed by atoms with Crippen molar-refractivity contribution in [2.45, 2.75) is 10.8 Å². The van der Waals surface area contributed by atoms with Crippen LogP contribution in [0.2, 0.25) is 0 Å². The minimum atomic E-state index is -0.269. The van der Waals surface area contributed by atoms with Crippen molar-refractivity contribution in [3.05, 3.63) is 58.3 Å². The first-order chi connectivity index (χ1) is 9.24. The van der Waals surface area contributed by atoms with Crippen LogP contribution in [-0.2, 0) is 0 Å². The molecule has 2 aromatic carbocycles. The van der Waals surface area contributed by atoms with Crippen molar-refractivity contribution in [2.24, 2.45) is 0 Å². The number of rotatable bonds is 3. The van der Waals surface area contributed by atoms with E-state index in [9.17, 15) is 4.39 Å². The van der Waals surface area contributed by atoms with Gasteiger partial charge in [0, 0.05) is 16.6 Å². The van der Waals surface area contributed by atoms with Crippen molar-refractivity contribution in [3.8, 4) is 5.75 Å². The van der Waals surface area contributed by atoms with Crippen molar-refractivity contribution in [1.82, 2.24) is 0 Å². The van der Waals surface area contributed by atoms with Crippen molar-refractivity contribution in [2.75, 3.05) is 12.4 Å². The third-order valence-electron chi connectivity index (χ3n) is 3.14. The topological polar surface area (TPSA) is 9.23 Å². The van der Waals surface area contributed by atoms with E-state index in [-0.39, 0.29) is 5.82 Å². The molecule has 19 heavy (non-hydrogen) atoms. The summed E-state index contributed by atoms with van der Waals surface area (Å²) in [5.74, 6) is 1.88. The fourth-order valence-electron chi connectivity index (χ4n) is 2.13. The Labute approximate surface area is 124 Å². The fourth-order valence-corrected chi connectivity index (χ4v) is 3.72. The summed E-state index contributed by atoms with van der Waals surface area (Å²) in [6.07, 6.45) is 0. The second kappa shape index (κ2) is 5.55. The number of hydrogen-bond acceptors (Lipinski definition) is 2. The molecule has 1 aliphatic rings. The van der Waals surface area contributed by atoms with E-state index in [1.165, 1.54) is 16.5 Å². The molecular formula is C15H12BrFOS. The number of fused-ring (bicyclic) bond motifs is 1. The summed E-state index contributed by atoms with van der Waals surface area (Å²) in [7, 11) is 0. The summed E-state index contributed by atoms with van der Waals surface area (Å²) in [6.45, 7) is 0.627. The molecule has 0 spiro atoms. The van der Waals surface area contributed by atoms with E-state index in [0.29, 0.717) is 22.7 Å². The van der Waals surface area contributed by atoms with Gasteiger partial charge in [-0.3, -0.25) is 0 Å². The Morgan fingerprint density at radius 2 is 2.11 bits per heavy atom. The van der Waals surface area contributed by atoms with Gasteiger partial charge in [-0.1, -0.05) is 18.2 Å². The monoisotopic (exact) mass is 338 g/mol. The summed E-state index contributed by atoms with van der Waals surface area (Å²) < 4.78 is 19.3. The van der Waals surface area contributed by atoms with Crippen molar-refractivity contribution in [3.63, 3.8) is 0 Å². The molecule has 0 bridgehead atoms. The lowest BCUT2D eigenvalue weighted by Crippen LogP contribution is -2.09. The standard InChI is InChI=1S/C15H12BrFOS/c16-13-7-11(5-6-14(13)17)18-8-10-9-19-15-4-2-1-3-12(10)15/h1-7,10H,8-9H2. The van der Waals surface area contributed by atoms with Crippen LogP contribution >= 0.6 is 27.7 Å². The zero-order valence-corrected chi connectivity index (χ0v) is 12.5. The first kappa shape index (κ1) is 13.0. The molecule has 1 nitrogen and oxygen atoms in total. The molecule has 0 aromatic heterocycles. The first-order valence-corrected chi connectivity index (χ1v) is 7.81. The van der Waals surface area contributed by atoms with Crippen molar-refractivity contribution >= 4 is 27.7 Å². The van der Waals surface area contributed by atoms with Crippen molar-refractivity contribution in [1.29, 1.82) is 0 Å². The predicted octanol–water partition coefficient (Wildman–Crippen LogP) is 4.86. The third kappa shape index (κ3) is 2.79. The normalized spacial score (nSPS) is 17.3. The van der Waals surface area contributed by atoms with Crippen LogP contribution in [-0.4, -0.2) is 12.4 Å². The lowest BCUT2D eigenvalue weighted by molar-refractivity contribution is 0.297.